The van der Waals surface area contributed by atoms with Gasteiger partial charge in [-0.2, -0.15) is 0 Å². The van der Waals surface area contributed by atoms with Gasteiger partial charge in [-0.1, -0.05) is 18.2 Å². The molecule has 3 aromatic rings. The monoisotopic (exact) mass is 386 g/mol. The fourth-order valence-corrected chi connectivity index (χ4v) is 3.06. The third-order valence-electron chi connectivity index (χ3n) is 4.53. The summed E-state index contributed by atoms with van der Waals surface area (Å²) in [7, 11) is 0. The van der Waals surface area contributed by atoms with Crippen LogP contribution in [0.15, 0.2) is 78.9 Å². The van der Waals surface area contributed by atoms with Gasteiger partial charge < -0.3 is 10.1 Å². The highest BCUT2D eigenvalue weighted by atomic mass is 16.5. The molecule has 1 fully saturated rings. The van der Waals surface area contributed by atoms with E-state index in [-0.39, 0.29) is 30.6 Å². The van der Waals surface area contributed by atoms with Gasteiger partial charge in [0.25, 0.3) is 5.91 Å². The third kappa shape index (κ3) is 4.16. The van der Waals surface area contributed by atoms with Gasteiger partial charge in [-0.3, -0.25) is 19.3 Å². The Morgan fingerprint density at radius 1 is 0.759 bits per heavy atom. The van der Waals surface area contributed by atoms with Gasteiger partial charge in [0, 0.05) is 24.1 Å². The second-order valence-corrected chi connectivity index (χ2v) is 6.56. The highest BCUT2D eigenvalue weighted by molar-refractivity contribution is 6.20. The number of nitrogens with zero attached hydrogens (tertiary/aromatic N) is 1. The largest absolute Gasteiger partial charge is 0.457 e. The molecule has 0 atom stereocenters. The van der Waals surface area contributed by atoms with E-state index in [1.807, 2.05) is 30.3 Å². The quantitative estimate of drug-likeness (QED) is 0.660. The van der Waals surface area contributed by atoms with Crippen LogP contribution in [-0.2, 0) is 9.59 Å². The van der Waals surface area contributed by atoms with Crippen molar-refractivity contribution < 1.29 is 19.1 Å². The Bertz CT molecular complexity index is 1030. The van der Waals surface area contributed by atoms with Gasteiger partial charge in [0.15, 0.2) is 0 Å². The minimum atomic E-state index is -0.285. The Kier molecular flexibility index (Phi) is 5.07. The number of para-hydroxylation sites is 1. The molecule has 144 valence electrons. The van der Waals surface area contributed by atoms with Crippen molar-refractivity contribution in [2.24, 2.45) is 0 Å². The molecule has 1 N–H and O–H groups in total. The maximum Gasteiger partial charge on any atom is 0.255 e. The summed E-state index contributed by atoms with van der Waals surface area (Å²) < 4.78 is 5.73. The van der Waals surface area contributed by atoms with E-state index < -0.39 is 0 Å². The number of hydrogen-bond acceptors (Lipinski definition) is 4. The molecule has 1 saturated heterocycles. The lowest BCUT2D eigenvalue weighted by Crippen LogP contribution is -2.28. The van der Waals surface area contributed by atoms with Crippen LogP contribution in [0.3, 0.4) is 0 Å². The van der Waals surface area contributed by atoms with Crippen molar-refractivity contribution in [3.8, 4) is 11.5 Å². The maximum absolute atomic E-state index is 12.5. The van der Waals surface area contributed by atoms with Crippen molar-refractivity contribution in [1.29, 1.82) is 0 Å². The Labute approximate surface area is 167 Å². The molecule has 6 heteroatoms. The van der Waals surface area contributed by atoms with Crippen molar-refractivity contribution >= 4 is 29.1 Å². The first-order chi connectivity index (χ1) is 14.1. The zero-order chi connectivity index (χ0) is 20.2. The number of anilines is 2. The molecule has 3 aromatic carbocycles. The molecule has 0 radical (unpaired) electrons. The standard InChI is InChI=1S/C23H18N2O4/c26-21-14-15-22(27)25(21)18-10-6-16(7-11-18)23(28)24-17-8-12-20(13-9-17)29-19-4-2-1-3-5-19/h1-13H,14-15H2,(H,24,28). The SMILES string of the molecule is O=C(Nc1ccc(Oc2ccccc2)cc1)c1ccc(N2C(=O)CCC2=O)cc1. The molecule has 3 amide bonds. The molecule has 1 aliphatic heterocycles. The Hall–Kier alpha value is -3.93. The lowest BCUT2D eigenvalue weighted by molar-refractivity contribution is -0.121. The lowest BCUT2D eigenvalue weighted by Gasteiger charge is -2.14. The average molecular weight is 386 g/mol. The number of benzene rings is 3. The average Bonchev–Trinajstić information content (AvgIpc) is 3.08. The fourth-order valence-electron chi connectivity index (χ4n) is 3.06. The second kappa shape index (κ2) is 7.98. The Balaban J connectivity index is 1.40. The number of imide groups is 1. The van der Waals surface area contributed by atoms with Crippen LogP contribution in [0.5, 0.6) is 11.5 Å². The minimum absolute atomic E-state index is 0.218. The predicted octanol–water partition coefficient (Wildman–Crippen LogP) is 4.38. The van der Waals surface area contributed by atoms with Gasteiger partial charge >= 0.3 is 0 Å². The third-order valence-corrected chi connectivity index (χ3v) is 4.53. The van der Waals surface area contributed by atoms with Crippen LogP contribution in [0.1, 0.15) is 23.2 Å². The summed E-state index contributed by atoms with van der Waals surface area (Å²) in [5.74, 6) is 0.681. The van der Waals surface area contributed by atoms with Gasteiger partial charge in [0.05, 0.1) is 5.69 Å². The number of rotatable bonds is 5. The molecule has 0 aromatic heterocycles. The van der Waals surface area contributed by atoms with Gasteiger partial charge in [-0.25, -0.2) is 0 Å². The van der Waals surface area contributed by atoms with Crippen molar-refractivity contribution in [2.75, 3.05) is 10.2 Å². The zero-order valence-electron chi connectivity index (χ0n) is 15.5. The van der Waals surface area contributed by atoms with E-state index in [9.17, 15) is 14.4 Å². The van der Waals surface area contributed by atoms with Crippen LogP contribution < -0.4 is 15.0 Å². The van der Waals surface area contributed by atoms with Crippen LogP contribution in [0.2, 0.25) is 0 Å². The van der Waals surface area contributed by atoms with E-state index in [1.54, 1.807) is 48.5 Å². The topological polar surface area (TPSA) is 75.7 Å². The molecule has 29 heavy (non-hydrogen) atoms. The summed E-state index contributed by atoms with van der Waals surface area (Å²) in [4.78, 5) is 37.2. The molecule has 0 aliphatic carbocycles. The normalized spacial score (nSPS) is 13.4. The van der Waals surface area contributed by atoms with Crippen molar-refractivity contribution in [3.05, 3.63) is 84.4 Å². The molecule has 1 aliphatic rings. The maximum atomic E-state index is 12.5. The molecule has 0 spiro atoms. The number of nitrogens with one attached hydrogen (secondary N) is 1. The van der Waals surface area contributed by atoms with Crippen LogP contribution >= 0.6 is 0 Å². The summed E-state index contributed by atoms with van der Waals surface area (Å²) in [6.07, 6.45) is 0.454. The number of carbonyl (C=O) groups excluding carboxylic acids is 3. The Morgan fingerprint density at radius 2 is 1.34 bits per heavy atom. The summed E-state index contributed by atoms with van der Waals surface area (Å²) in [6.45, 7) is 0. The van der Waals surface area contributed by atoms with E-state index >= 15 is 0 Å². The summed E-state index contributed by atoms with van der Waals surface area (Å²) in [6, 6.07) is 22.9. The predicted molar refractivity (Wildman–Crippen MR) is 109 cm³/mol. The summed E-state index contributed by atoms with van der Waals surface area (Å²) in [5.41, 5.74) is 1.54. The highest BCUT2D eigenvalue weighted by Crippen LogP contribution is 2.24. The smallest absolute Gasteiger partial charge is 0.255 e. The van der Waals surface area contributed by atoms with Crippen LogP contribution in [0, 0.1) is 0 Å². The lowest BCUT2D eigenvalue weighted by atomic mass is 10.1. The van der Waals surface area contributed by atoms with Gasteiger partial charge in [0.2, 0.25) is 11.8 Å². The van der Waals surface area contributed by atoms with E-state index in [1.165, 1.54) is 0 Å². The van der Waals surface area contributed by atoms with E-state index in [4.69, 9.17) is 4.74 Å². The molecule has 0 saturated carbocycles. The molecular formula is C23H18N2O4. The van der Waals surface area contributed by atoms with Crippen LogP contribution in [0.25, 0.3) is 0 Å². The summed E-state index contributed by atoms with van der Waals surface area (Å²) in [5, 5.41) is 2.81. The molecule has 0 unspecified atom stereocenters. The van der Waals surface area contributed by atoms with Gasteiger partial charge in [0.1, 0.15) is 11.5 Å². The number of hydrogen-bond donors (Lipinski definition) is 1. The van der Waals surface area contributed by atoms with Crippen LogP contribution in [-0.4, -0.2) is 17.7 Å². The summed E-state index contributed by atoms with van der Waals surface area (Å²) >= 11 is 0. The number of ether oxygens (including phenoxy) is 1. The van der Waals surface area contributed by atoms with Gasteiger partial charge in [-0.15, -0.1) is 0 Å². The van der Waals surface area contributed by atoms with Crippen LogP contribution in [0.4, 0.5) is 11.4 Å². The van der Waals surface area contributed by atoms with Crippen molar-refractivity contribution in [3.63, 3.8) is 0 Å². The molecule has 4 rings (SSSR count). The first-order valence-electron chi connectivity index (χ1n) is 9.20. The molecule has 0 bridgehead atoms. The molecular weight excluding hydrogens is 368 g/mol. The number of amides is 3. The van der Waals surface area contributed by atoms with Crippen molar-refractivity contribution in [1.82, 2.24) is 0 Å². The second-order valence-electron chi connectivity index (χ2n) is 6.56. The fraction of sp³-hybridized carbons (Fsp3) is 0.0870. The zero-order valence-corrected chi connectivity index (χ0v) is 15.5. The first kappa shape index (κ1) is 18.4. The highest BCUT2D eigenvalue weighted by Gasteiger charge is 2.30. The number of carbonyl (C=O) groups is 3. The first-order valence-corrected chi connectivity index (χ1v) is 9.20. The molecule has 1 heterocycles. The Morgan fingerprint density at radius 3 is 1.97 bits per heavy atom. The van der Waals surface area contributed by atoms with Gasteiger partial charge in [-0.05, 0) is 60.7 Å². The van der Waals surface area contributed by atoms with E-state index in [0.717, 1.165) is 10.6 Å². The van der Waals surface area contributed by atoms with E-state index in [2.05, 4.69) is 5.32 Å². The van der Waals surface area contributed by atoms with Crippen molar-refractivity contribution in [2.45, 2.75) is 12.8 Å². The minimum Gasteiger partial charge on any atom is -0.457 e. The van der Waals surface area contributed by atoms with E-state index in [0.29, 0.717) is 22.7 Å². The molecule has 6 nitrogen and oxygen atoms in total.